The van der Waals surface area contributed by atoms with Crippen LogP contribution >= 0.6 is 0 Å². The van der Waals surface area contributed by atoms with Crippen molar-refractivity contribution >= 4 is 11.6 Å². The molecule has 0 bridgehead atoms. The quantitative estimate of drug-likeness (QED) is 0.513. The maximum Gasteiger partial charge on any atom is 0.417 e. The molecule has 1 aromatic carbocycles. The third-order valence-electron chi connectivity index (χ3n) is 5.56. The number of ether oxygens (including phenoxy) is 2. The third-order valence-corrected chi connectivity index (χ3v) is 5.56. The highest BCUT2D eigenvalue weighted by atomic mass is 19.4. The minimum atomic E-state index is -4.85. The molecular formula is C22H23F5N2O5. The lowest BCUT2D eigenvalue weighted by Crippen LogP contribution is -2.43. The van der Waals surface area contributed by atoms with Crippen LogP contribution in [0.5, 0.6) is 5.75 Å². The van der Waals surface area contributed by atoms with Crippen molar-refractivity contribution in [3.05, 3.63) is 53.4 Å². The highest BCUT2D eigenvalue weighted by molar-refractivity contribution is 5.95. The number of carbonyl (C=O) groups excluding carboxylic acids is 1. The van der Waals surface area contributed by atoms with Gasteiger partial charge in [0.25, 0.3) is 5.91 Å². The van der Waals surface area contributed by atoms with Gasteiger partial charge in [0.05, 0.1) is 30.8 Å². The largest absolute Gasteiger partial charge is 0.490 e. The first-order valence-corrected chi connectivity index (χ1v) is 10.3. The number of aliphatic hydroxyl groups excluding tert-OH is 2. The molecule has 0 aliphatic carbocycles. The summed E-state index contributed by atoms with van der Waals surface area (Å²) in [7, 11) is 0. The van der Waals surface area contributed by atoms with Gasteiger partial charge in [0.1, 0.15) is 12.2 Å². The number of pyridine rings is 1. The van der Waals surface area contributed by atoms with E-state index in [0.717, 1.165) is 25.3 Å². The molecule has 3 N–H and O–H groups in total. The van der Waals surface area contributed by atoms with Crippen molar-refractivity contribution in [2.45, 2.75) is 50.2 Å². The zero-order valence-electron chi connectivity index (χ0n) is 18.2. The molecule has 0 spiro atoms. The zero-order valence-corrected chi connectivity index (χ0v) is 18.2. The van der Waals surface area contributed by atoms with Crippen molar-refractivity contribution in [1.82, 2.24) is 4.98 Å². The Hall–Kier alpha value is -2.83. The summed E-state index contributed by atoms with van der Waals surface area (Å²) in [5.74, 6) is -5.48. The van der Waals surface area contributed by atoms with E-state index in [2.05, 4.69) is 10.3 Å². The summed E-state index contributed by atoms with van der Waals surface area (Å²) >= 11 is 0. The molecule has 2 aromatic rings. The topological polar surface area (TPSA) is 101 Å². The smallest absolute Gasteiger partial charge is 0.417 e. The summed E-state index contributed by atoms with van der Waals surface area (Å²) in [5, 5.41) is 20.9. The van der Waals surface area contributed by atoms with Crippen molar-refractivity contribution in [2.24, 2.45) is 0 Å². The fourth-order valence-corrected chi connectivity index (χ4v) is 3.74. The van der Waals surface area contributed by atoms with E-state index in [0.29, 0.717) is 0 Å². The Labute approximate surface area is 191 Å². The molecule has 1 saturated heterocycles. The van der Waals surface area contributed by atoms with Gasteiger partial charge in [-0.05, 0) is 38.5 Å². The standard InChI is InChI=1S/C22H23F5N2O5/c1-3-33-18-12(5-6-14(23)17(18)24)13-8-21(2,22(25,26)27)34-19(13)20(32)29-11-4-7-15(28-9-11)16(31)10-30/h4-7,9,13,16,19,30-31H,3,8,10H2,1-2H3,(H,29,32)/t13-,16+,19+,21+/m1/s1. The van der Waals surface area contributed by atoms with Gasteiger partial charge >= 0.3 is 6.18 Å². The predicted molar refractivity (Wildman–Crippen MR) is 109 cm³/mol. The maximum atomic E-state index is 14.4. The lowest BCUT2D eigenvalue weighted by molar-refractivity contribution is -0.261. The summed E-state index contributed by atoms with van der Waals surface area (Å²) in [4.78, 5) is 16.9. The average Bonchev–Trinajstić information content (AvgIpc) is 3.16. The van der Waals surface area contributed by atoms with E-state index in [9.17, 15) is 31.9 Å². The first-order valence-electron chi connectivity index (χ1n) is 10.3. The van der Waals surface area contributed by atoms with Crippen LogP contribution in [0.2, 0.25) is 0 Å². The minimum absolute atomic E-state index is 0.0807. The van der Waals surface area contributed by atoms with Crippen LogP contribution in [0.3, 0.4) is 0 Å². The summed E-state index contributed by atoms with van der Waals surface area (Å²) in [6, 6.07) is 4.47. The predicted octanol–water partition coefficient (Wildman–Crippen LogP) is 3.62. The van der Waals surface area contributed by atoms with E-state index >= 15 is 0 Å². The van der Waals surface area contributed by atoms with E-state index in [4.69, 9.17) is 14.6 Å². The number of halogens is 5. The second-order valence-electron chi connectivity index (χ2n) is 7.95. The van der Waals surface area contributed by atoms with Crippen LogP contribution in [0.25, 0.3) is 0 Å². The summed E-state index contributed by atoms with van der Waals surface area (Å²) in [6.07, 6.45) is -7.42. The minimum Gasteiger partial charge on any atom is -0.490 e. The monoisotopic (exact) mass is 490 g/mol. The molecule has 4 atom stereocenters. The van der Waals surface area contributed by atoms with Gasteiger partial charge in [-0.2, -0.15) is 17.6 Å². The van der Waals surface area contributed by atoms with Crippen LogP contribution in [-0.2, 0) is 9.53 Å². The molecule has 1 aromatic heterocycles. The number of aliphatic hydroxyl groups is 2. The third kappa shape index (κ3) is 4.98. The first-order chi connectivity index (χ1) is 15.9. The molecule has 34 heavy (non-hydrogen) atoms. The Balaban J connectivity index is 1.96. The van der Waals surface area contributed by atoms with Gasteiger partial charge in [0.2, 0.25) is 5.82 Å². The van der Waals surface area contributed by atoms with Crippen molar-refractivity contribution in [1.29, 1.82) is 0 Å². The Morgan fingerprint density at radius 2 is 2.03 bits per heavy atom. The van der Waals surface area contributed by atoms with Crippen LogP contribution in [-0.4, -0.2) is 52.2 Å². The van der Waals surface area contributed by atoms with Crippen molar-refractivity contribution in [3.63, 3.8) is 0 Å². The highest BCUT2D eigenvalue weighted by Gasteiger charge is 2.61. The van der Waals surface area contributed by atoms with Crippen LogP contribution in [0, 0.1) is 11.6 Å². The molecule has 0 radical (unpaired) electrons. The Morgan fingerprint density at radius 1 is 1.32 bits per heavy atom. The van der Waals surface area contributed by atoms with Crippen LogP contribution in [0.4, 0.5) is 27.6 Å². The van der Waals surface area contributed by atoms with Gasteiger partial charge in [0, 0.05) is 11.5 Å². The number of nitrogens with one attached hydrogen (secondary N) is 1. The number of hydrogen-bond donors (Lipinski definition) is 3. The first kappa shape index (κ1) is 25.8. The Bertz CT molecular complexity index is 1030. The van der Waals surface area contributed by atoms with Gasteiger partial charge < -0.3 is 25.0 Å². The Morgan fingerprint density at radius 3 is 2.59 bits per heavy atom. The fraction of sp³-hybridized carbons (Fsp3) is 0.455. The second-order valence-corrected chi connectivity index (χ2v) is 7.95. The zero-order chi connectivity index (χ0) is 25.3. The molecule has 12 heteroatoms. The van der Waals surface area contributed by atoms with E-state index in [-0.39, 0.29) is 23.6 Å². The van der Waals surface area contributed by atoms with Gasteiger partial charge in [0.15, 0.2) is 17.2 Å². The van der Waals surface area contributed by atoms with Crippen LogP contribution < -0.4 is 10.1 Å². The van der Waals surface area contributed by atoms with Crippen LogP contribution in [0.15, 0.2) is 30.5 Å². The molecule has 1 amide bonds. The lowest BCUT2D eigenvalue weighted by atomic mass is 9.85. The van der Waals surface area contributed by atoms with Gasteiger partial charge in [-0.15, -0.1) is 0 Å². The molecule has 3 rings (SSSR count). The lowest BCUT2D eigenvalue weighted by Gasteiger charge is -2.27. The van der Waals surface area contributed by atoms with Gasteiger partial charge in [-0.3, -0.25) is 9.78 Å². The number of anilines is 1. The number of benzene rings is 1. The molecule has 2 heterocycles. The average molecular weight is 490 g/mol. The van der Waals surface area contributed by atoms with Crippen LogP contribution in [0.1, 0.15) is 43.5 Å². The summed E-state index contributed by atoms with van der Waals surface area (Å²) in [6.45, 7) is 1.60. The molecule has 1 aliphatic heterocycles. The summed E-state index contributed by atoms with van der Waals surface area (Å²) < 4.78 is 79.9. The molecule has 186 valence electrons. The molecular weight excluding hydrogens is 467 g/mol. The van der Waals surface area contributed by atoms with Gasteiger partial charge in [-0.1, -0.05) is 6.07 Å². The molecule has 0 saturated carbocycles. The van der Waals surface area contributed by atoms with E-state index in [1.165, 1.54) is 19.1 Å². The normalized spacial score (nSPS) is 23.6. The van der Waals surface area contributed by atoms with Crippen molar-refractivity contribution in [3.8, 4) is 5.75 Å². The van der Waals surface area contributed by atoms with Crippen molar-refractivity contribution in [2.75, 3.05) is 18.5 Å². The van der Waals surface area contributed by atoms with Crippen molar-refractivity contribution < 1.29 is 46.4 Å². The second kappa shape index (κ2) is 9.80. The summed E-state index contributed by atoms with van der Waals surface area (Å²) in [5.41, 5.74) is -2.67. The van der Waals surface area contributed by atoms with E-state index in [1.807, 2.05) is 0 Å². The number of hydrogen-bond acceptors (Lipinski definition) is 6. The molecule has 7 nitrogen and oxygen atoms in total. The molecule has 1 aliphatic rings. The number of amides is 1. The number of aromatic nitrogens is 1. The number of alkyl halides is 3. The number of nitrogens with zero attached hydrogens (tertiary/aromatic N) is 1. The number of rotatable bonds is 7. The van der Waals surface area contributed by atoms with Gasteiger partial charge in [-0.25, -0.2) is 4.39 Å². The number of carbonyl (C=O) groups is 1. The highest BCUT2D eigenvalue weighted by Crippen LogP contribution is 2.51. The molecule has 1 fully saturated rings. The Kier molecular flexibility index (Phi) is 7.44. The fourth-order valence-electron chi connectivity index (χ4n) is 3.74. The SMILES string of the molecule is CCOc1c([C@H]2C[C@@](C)(C(F)(F)F)O[C@@H]2C(=O)Nc2ccc([C@@H](O)CO)nc2)ccc(F)c1F. The maximum absolute atomic E-state index is 14.4. The van der Waals surface area contributed by atoms with E-state index < -0.39 is 66.2 Å². The molecule has 0 unspecified atom stereocenters. The van der Waals surface area contributed by atoms with E-state index in [1.54, 1.807) is 0 Å².